The van der Waals surface area contributed by atoms with Crippen LogP contribution in [0.5, 0.6) is 0 Å². The maximum Gasteiger partial charge on any atom is 0.230 e. The number of benzene rings is 1. The first-order valence-electron chi connectivity index (χ1n) is 5.32. The molecular weight excluding hydrogens is 270 g/mol. The number of carbonyl (C=O) groups excluding carboxylic acids is 1. The second-order valence-corrected chi connectivity index (χ2v) is 5.29. The molecule has 18 heavy (non-hydrogen) atoms. The van der Waals surface area contributed by atoms with Crippen LogP contribution in [0.2, 0.25) is 5.02 Å². The highest BCUT2D eigenvalue weighted by Gasteiger charge is 2.08. The Morgan fingerprint density at radius 1 is 1.44 bits per heavy atom. The van der Waals surface area contributed by atoms with Crippen molar-refractivity contribution in [2.75, 3.05) is 11.1 Å². The summed E-state index contributed by atoms with van der Waals surface area (Å²) in [4.78, 5) is 15.9. The fourth-order valence-electron chi connectivity index (χ4n) is 1.41. The molecule has 0 aliphatic carbocycles. The minimum atomic E-state index is -0.119. The summed E-state index contributed by atoms with van der Waals surface area (Å²) in [6, 6.07) is 7.16. The molecule has 1 amide bonds. The molecule has 2 aromatic rings. The average Bonchev–Trinajstić information content (AvgIpc) is 2.61. The van der Waals surface area contributed by atoms with E-state index in [-0.39, 0.29) is 12.3 Å². The number of aromatic nitrogens is 1. The van der Waals surface area contributed by atoms with Gasteiger partial charge in [-0.3, -0.25) is 4.79 Å². The third-order valence-corrected chi connectivity index (χ3v) is 3.51. The molecule has 0 aliphatic rings. The van der Waals surface area contributed by atoms with E-state index in [1.165, 1.54) is 11.3 Å². The Morgan fingerprint density at radius 2 is 2.11 bits per heavy atom. The van der Waals surface area contributed by atoms with Crippen LogP contribution in [0.4, 0.5) is 10.1 Å². The zero-order valence-electron chi connectivity index (χ0n) is 9.74. The number of thiazole rings is 1. The molecule has 0 radical (unpaired) electrons. The summed E-state index contributed by atoms with van der Waals surface area (Å²) in [5.74, 6) is -0.119. The van der Waals surface area contributed by atoms with Crippen molar-refractivity contribution >= 4 is 39.0 Å². The van der Waals surface area contributed by atoms with E-state index in [0.717, 1.165) is 11.3 Å². The monoisotopic (exact) mass is 281 g/mol. The molecule has 3 N–H and O–H groups in total. The fourth-order valence-corrected chi connectivity index (χ4v) is 2.29. The molecule has 94 valence electrons. The van der Waals surface area contributed by atoms with Gasteiger partial charge < -0.3 is 11.1 Å². The quantitative estimate of drug-likeness (QED) is 0.909. The number of nitrogens with zero attached hydrogens (tertiary/aromatic N) is 1. The van der Waals surface area contributed by atoms with Gasteiger partial charge in [-0.25, -0.2) is 4.98 Å². The van der Waals surface area contributed by atoms with Gasteiger partial charge in [0.1, 0.15) is 5.00 Å². The van der Waals surface area contributed by atoms with Gasteiger partial charge in [-0.15, -0.1) is 0 Å². The Hall–Kier alpha value is -1.59. The summed E-state index contributed by atoms with van der Waals surface area (Å²) in [6.07, 6.45) is 0.287. The van der Waals surface area contributed by atoms with Crippen molar-refractivity contribution in [1.29, 1.82) is 0 Å². The number of amides is 1. The van der Waals surface area contributed by atoms with Gasteiger partial charge in [0.2, 0.25) is 5.91 Å². The second-order valence-electron chi connectivity index (χ2n) is 3.82. The first-order valence-corrected chi connectivity index (χ1v) is 6.51. The second kappa shape index (κ2) is 5.37. The Labute approximate surface area is 114 Å². The highest BCUT2D eigenvalue weighted by atomic mass is 35.5. The summed E-state index contributed by atoms with van der Waals surface area (Å²) in [5, 5.41) is 4.53. The predicted octanol–water partition coefficient (Wildman–Crippen LogP) is 2.87. The summed E-state index contributed by atoms with van der Waals surface area (Å²) in [5.41, 5.74) is 7.31. The lowest BCUT2D eigenvalue weighted by Gasteiger charge is -2.02. The van der Waals surface area contributed by atoms with Crippen molar-refractivity contribution in [3.8, 4) is 0 Å². The number of nitrogens with one attached hydrogen (secondary N) is 1. The van der Waals surface area contributed by atoms with Crippen LogP contribution in [0.1, 0.15) is 11.3 Å². The van der Waals surface area contributed by atoms with E-state index in [2.05, 4.69) is 10.3 Å². The van der Waals surface area contributed by atoms with Gasteiger partial charge >= 0.3 is 0 Å². The number of carbonyl (C=O) groups is 1. The van der Waals surface area contributed by atoms with Crippen LogP contribution in [0.15, 0.2) is 24.3 Å². The standard InChI is InChI=1S/C12H12ClN3OS/c1-7-11(14)18-12(15-7)16-10(17)6-8-2-4-9(13)5-3-8/h2-5H,6,14H2,1H3,(H,15,16,17). The fraction of sp³-hybridized carbons (Fsp3) is 0.167. The maximum absolute atomic E-state index is 11.8. The first-order chi connectivity index (χ1) is 8.54. The SMILES string of the molecule is Cc1nc(NC(=O)Cc2ccc(Cl)cc2)sc1N. The lowest BCUT2D eigenvalue weighted by molar-refractivity contribution is -0.115. The van der Waals surface area contributed by atoms with E-state index in [1.807, 2.05) is 12.1 Å². The smallest absolute Gasteiger partial charge is 0.230 e. The summed E-state index contributed by atoms with van der Waals surface area (Å²) >= 11 is 7.04. The van der Waals surface area contributed by atoms with Crippen LogP contribution in [0.3, 0.4) is 0 Å². The molecule has 0 saturated heterocycles. The molecule has 1 aromatic carbocycles. The van der Waals surface area contributed by atoms with E-state index < -0.39 is 0 Å². The molecule has 6 heteroatoms. The molecule has 0 saturated carbocycles. The molecule has 0 atom stereocenters. The molecule has 1 aromatic heterocycles. The van der Waals surface area contributed by atoms with Gasteiger partial charge in [0, 0.05) is 5.02 Å². The van der Waals surface area contributed by atoms with Crippen molar-refractivity contribution in [3.05, 3.63) is 40.5 Å². The first kappa shape index (κ1) is 12.9. The van der Waals surface area contributed by atoms with Gasteiger partial charge in [0.25, 0.3) is 0 Å². The van der Waals surface area contributed by atoms with Crippen molar-refractivity contribution in [1.82, 2.24) is 4.98 Å². The van der Waals surface area contributed by atoms with Gasteiger partial charge in [-0.05, 0) is 24.6 Å². The third kappa shape index (κ3) is 3.21. The maximum atomic E-state index is 11.8. The zero-order valence-corrected chi connectivity index (χ0v) is 11.3. The third-order valence-electron chi connectivity index (χ3n) is 2.36. The van der Waals surface area contributed by atoms with E-state index in [4.69, 9.17) is 17.3 Å². The summed E-state index contributed by atoms with van der Waals surface area (Å²) < 4.78 is 0. The molecule has 4 nitrogen and oxygen atoms in total. The molecule has 1 heterocycles. The minimum Gasteiger partial charge on any atom is -0.389 e. The molecule has 0 fully saturated rings. The number of aryl methyl sites for hydroxylation is 1. The van der Waals surface area contributed by atoms with Gasteiger partial charge in [-0.2, -0.15) is 0 Å². The Balaban J connectivity index is 1.98. The van der Waals surface area contributed by atoms with Gasteiger partial charge in [-0.1, -0.05) is 35.1 Å². The molecule has 0 spiro atoms. The number of hydrogen-bond donors (Lipinski definition) is 2. The number of nitrogen functional groups attached to an aromatic ring is 1. The van der Waals surface area contributed by atoms with Crippen molar-refractivity contribution < 1.29 is 4.79 Å². The van der Waals surface area contributed by atoms with Crippen LogP contribution >= 0.6 is 22.9 Å². The topological polar surface area (TPSA) is 68.0 Å². The molecule has 0 unspecified atom stereocenters. The van der Waals surface area contributed by atoms with Crippen molar-refractivity contribution in [2.45, 2.75) is 13.3 Å². The number of hydrogen-bond acceptors (Lipinski definition) is 4. The molecule has 0 bridgehead atoms. The summed E-state index contributed by atoms with van der Waals surface area (Å²) in [7, 11) is 0. The zero-order chi connectivity index (χ0) is 13.1. The predicted molar refractivity (Wildman–Crippen MR) is 75.0 cm³/mol. The highest BCUT2D eigenvalue weighted by Crippen LogP contribution is 2.24. The van der Waals surface area contributed by atoms with E-state index in [0.29, 0.717) is 15.2 Å². The molecule has 2 rings (SSSR count). The van der Waals surface area contributed by atoms with E-state index in [1.54, 1.807) is 19.1 Å². The summed E-state index contributed by atoms with van der Waals surface area (Å²) in [6.45, 7) is 1.81. The average molecular weight is 282 g/mol. The number of halogens is 1. The van der Waals surface area contributed by atoms with Crippen LogP contribution in [0.25, 0.3) is 0 Å². The van der Waals surface area contributed by atoms with E-state index in [9.17, 15) is 4.79 Å². The van der Waals surface area contributed by atoms with Crippen molar-refractivity contribution in [2.24, 2.45) is 0 Å². The Bertz CT molecular complexity index is 546. The molecule has 0 aliphatic heterocycles. The highest BCUT2D eigenvalue weighted by molar-refractivity contribution is 7.19. The van der Waals surface area contributed by atoms with Crippen molar-refractivity contribution in [3.63, 3.8) is 0 Å². The Morgan fingerprint density at radius 3 is 2.67 bits per heavy atom. The van der Waals surface area contributed by atoms with Gasteiger partial charge in [0.15, 0.2) is 5.13 Å². The number of rotatable bonds is 3. The molecular formula is C12H12ClN3OS. The number of nitrogens with two attached hydrogens (primary N) is 1. The van der Waals surface area contributed by atoms with Crippen LogP contribution in [-0.4, -0.2) is 10.9 Å². The largest absolute Gasteiger partial charge is 0.389 e. The van der Waals surface area contributed by atoms with Crippen LogP contribution < -0.4 is 11.1 Å². The van der Waals surface area contributed by atoms with Crippen LogP contribution in [0, 0.1) is 6.92 Å². The minimum absolute atomic E-state index is 0.119. The van der Waals surface area contributed by atoms with E-state index >= 15 is 0 Å². The van der Waals surface area contributed by atoms with Crippen LogP contribution in [-0.2, 0) is 11.2 Å². The normalized spacial score (nSPS) is 10.3. The lowest BCUT2D eigenvalue weighted by Crippen LogP contribution is -2.14. The number of anilines is 2. The Kier molecular flexibility index (Phi) is 3.84. The lowest BCUT2D eigenvalue weighted by atomic mass is 10.1. The van der Waals surface area contributed by atoms with Gasteiger partial charge in [0.05, 0.1) is 12.1 Å².